The molecule has 1 N–H and O–H groups in total. The summed E-state index contributed by atoms with van der Waals surface area (Å²) < 4.78 is 7.31. The van der Waals surface area contributed by atoms with Gasteiger partial charge < -0.3 is 10.1 Å². The summed E-state index contributed by atoms with van der Waals surface area (Å²) in [6.07, 6.45) is 2.40. The molecule has 1 fully saturated rings. The lowest BCUT2D eigenvalue weighted by Gasteiger charge is -2.44. The number of halogens is 1. The molecule has 1 unspecified atom stereocenters. The van der Waals surface area contributed by atoms with E-state index < -0.39 is 0 Å². The first-order chi connectivity index (χ1) is 10.3. The molecule has 1 saturated heterocycles. The van der Waals surface area contributed by atoms with E-state index in [9.17, 15) is 0 Å². The van der Waals surface area contributed by atoms with Gasteiger partial charge >= 0.3 is 0 Å². The minimum absolute atomic E-state index is 0.219. The highest BCUT2D eigenvalue weighted by atomic mass is 79.9. The Morgan fingerprint density at radius 2 is 2.00 bits per heavy atom. The topological polar surface area (TPSA) is 21.3 Å². The first-order valence-electron chi connectivity index (χ1n) is 7.47. The zero-order valence-electron chi connectivity index (χ0n) is 11.8. The molecule has 2 aromatic rings. The van der Waals surface area contributed by atoms with E-state index in [2.05, 4.69) is 69.8 Å². The maximum Gasteiger partial charge on any atom is 0.123 e. The van der Waals surface area contributed by atoms with Gasteiger partial charge in [-0.2, -0.15) is 0 Å². The average molecular weight is 344 g/mol. The lowest BCUT2D eigenvalue weighted by molar-refractivity contribution is 0.143. The van der Waals surface area contributed by atoms with Crippen molar-refractivity contribution in [2.24, 2.45) is 0 Å². The van der Waals surface area contributed by atoms with Crippen LogP contribution in [0, 0.1) is 0 Å². The highest BCUT2D eigenvalue weighted by Crippen LogP contribution is 2.39. The fraction of sp³-hybridized carbons (Fsp3) is 0.333. The third-order valence-corrected chi connectivity index (χ3v) is 5.19. The summed E-state index contributed by atoms with van der Waals surface area (Å²) in [5.41, 5.74) is 2.98. The third-order valence-electron chi connectivity index (χ3n) is 4.70. The molecule has 3 heteroatoms. The molecule has 21 heavy (non-hydrogen) atoms. The van der Waals surface area contributed by atoms with Gasteiger partial charge in [0, 0.05) is 29.4 Å². The molecule has 2 heterocycles. The van der Waals surface area contributed by atoms with Crippen molar-refractivity contribution in [2.75, 3.05) is 13.1 Å². The highest BCUT2D eigenvalue weighted by Gasteiger charge is 2.42. The van der Waals surface area contributed by atoms with Gasteiger partial charge in [-0.15, -0.1) is 0 Å². The van der Waals surface area contributed by atoms with E-state index >= 15 is 0 Å². The predicted octanol–water partition coefficient (Wildman–Crippen LogP) is 3.68. The maximum absolute atomic E-state index is 6.15. The molecule has 4 rings (SSSR count). The Hall–Kier alpha value is -1.32. The lowest BCUT2D eigenvalue weighted by atomic mass is 9.71. The Labute approximate surface area is 133 Å². The summed E-state index contributed by atoms with van der Waals surface area (Å²) in [4.78, 5) is 0. The van der Waals surface area contributed by atoms with Crippen LogP contribution in [0.1, 0.15) is 17.5 Å². The SMILES string of the molecule is Brc1cccc(C2(CC3Cc4ccccc4O3)CNC2)c1. The number of rotatable bonds is 3. The molecular weight excluding hydrogens is 326 g/mol. The molecule has 2 aliphatic heterocycles. The van der Waals surface area contributed by atoms with Crippen LogP contribution in [0.25, 0.3) is 0 Å². The molecule has 0 amide bonds. The van der Waals surface area contributed by atoms with Crippen LogP contribution in [0.4, 0.5) is 0 Å². The molecule has 2 nitrogen and oxygen atoms in total. The average Bonchev–Trinajstić information content (AvgIpc) is 2.85. The summed E-state index contributed by atoms with van der Waals surface area (Å²) in [5, 5.41) is 3.44. The summed E-state index contributed by atoms with van der Waals surface area (Å²) in [6, 6.07) is 17.1. The molecule has 2 aliphatic rings. The number of nitrogens with one attached hydrogen (secondary N) is 1. The van der Waals surface area contributed by atoms with Crippen molar-refractivity contribution < 1.29 is 4.74 Å². The van der Waals surface area contributed by atoms with Gasteiger partial charge in [0.2, 0.25) is 0 Å². The van der Waals surface area contributed by atoms with E-state index in [0.717, 1.165) is 36.2 Å². The van der Waals surface area contributed by atoms with E-state index in [4.69, 9.17) is 4.74 Å². The van der Waals surface area contributed by atoms with E-state index in [-0.39, 0.29) is 5.41 Å². The van der Waals surface area contributed by atoms with E-state index in [1.54, 1.807) is 0 Å². The first kappa shape index (κ1) is 13.4. The third kappa shape index (κ3) is 2.39. The quantitative estimate of drug-likeness (QED) is 0.917. The molecule has 0 radical (unpaired) electrons. The molecule has 0 aromatic heterocycles. The summed E-state index contributed by atoms with van der Waals surface area (Å²) in [5.74, 6) is 1.07. The number of fused-ring (bicyclic) bond motifs is 1. The first-order valence-corrected chi connectivity index (χ1v) is 8.26. The zero-order valence-corrected chi connectivity index (χ0v) is 13.4. The monoisotopic (exact) mass is 343 g/mol. The van der Waals surface area contributed by atoms with Crippen molar-refractivity contribution in [3.05, 3.63) is 64.1 Å². The van der Waals surface area contributed by atoms with Crippen molar-refractivity contribution in [2.45, 2.75) is 24.4 Å². The van der Waals surface area contributed by atoms with Crippen molar-refractivity contribution in [3.8, 4) is 5.75 Å². The fourth-order valence-corrected chi connectivity index (χ4v) is 3.91. The van der Waals surface area contributed by atoms with Crippen molar-refractivity contribution in [1.29, 1.82) is 0 Å². The van der Waals surface area contributed by atoms with Crippen LogP contribution in [0.15, 0.2) is 53.0 Å². The molecule has 0 saturated carbocycles. The highest BCUT2D eigenvalue weighted by molar-refractivity contribution is 9.10. The van der Waals surface area contributed by atoms with E-state index in [1.807, 2.05) is 0 Å². The molecule has 108 valence electrons. The van der Waals surface area contributed by atoms with Crippen LogP contribution in [-0.4, -0.2) is 19.2 Å². The van der Waals surface area contributed by atoms with Crippen LogP contribution in [0.5, 0.6) is 5.75 Å². The van der Waals surface area contributed by atoms with Gasteiger partial charge in [0.1, 0.15) is 11.9 Å². The number of ether oxygens (including phenoxy) is 1. The van der Waals surface area contributed by atoms with Gasteiger partial charge in [0.05, 0.1) is 0 Å². The van der Waals surface area contributed by atoms with Crippen LogP contribution >= 0.6 is 15.9 Å². The maximum atomic E-state index is 6.15. The van der Waals surface area contributed by atoms with Gasteiger partial charge in [-0.1, -0.05) is 46.3 Å². The van der Waals surface area contributed by atoms with Crippen LogP contribution in [0.3, 0.4) is 0 Å². The van der Waals surface area contributed by atoms with Gasteiger partial charge in [-0.05, 0) is 35.7 Å². The summed E-state index contributed by atoms with van der Waals surface area (Å²) in [6.45, 7) is 2.08. The number of hydrogen-bond acceptors (Lipinski definition) is 2. The second-order valence-electron chi connectivity index (χ2n) is 6.15. The molecule has 1 atom stereocenters. The van der Waals surface area contributed by atoms with Crippen molar-refractivity contribution in [1.82, 2.24) is 5.32 Å². The number of para-hydroxylation sites is 1. The minimum Gasteiger partial charge on any atom is -0.490 e. The van der Waals surface area contributed by atoms with Crippen molar-refractivity contribution in [3.63, 3.8) is 0 Å². The molecular formula is C18H18BrNO. The van der Waals surface area contributed by atoms with Gasteiger partial charge in [0.15, 0.2) is 0 Å². The molecule has 0 bridgehead atoms. The Kier molecular flexibility index (Phi) is 3.27. The van der Waals surface area contributed by atoms with Gasteiger partial charge in [-0.3, -0.25) is 0 Å². The summed E-state index contributed by atoms with van der Waals surface area (Å²) >= 11 is 3.59. The Morgan fingerprint density at radius 3 is 2.71 bits per heavy atom. The van der Waals surface area contributed by atoms with Crippen LogP contribution in [-0.2, 0) is 11.8 Å². The smallest absolute Gasteiger partial charge is 0.123 e. The Morgan fingerprint density at radius 1 is 1.14 bits per heavy atom. The molecule has 0 aliphatic carbocycles. The Balaban J connectivity index is 1.56. The molecule has 0 spiro atoms. The second-order valence-corrected chi connectivity index (χ2v) is 7.07. The number of benzene rings is 2. The van der Waals surface area contributed by atoms with Crippen LogP contribution < -0.4 is 10.1 Å². The predicted molar refractivity (Wildman–Crippen MR) is 87.9 cm³/mol. The van der Waals surface area contributed by atoms with E-state index in [0.29, 0.717) is 6.10 Å². The molecule has 2 aromatic carbocycles. The van der Waals surface area contributed by atoms with Gasteiger partial charge in [-0.25, -0.2) is 0 Å². The standard InChI is InChI=1S/C18H18BrNO/c19-15-6-3-5-14(9-15)18(11-20-12-18)10-16-8-13-4-1-2-7-17(13)21-16/h1-7,9,16,20H,8,10-12H2. The fourth-order valence-electron chi connectivity index (χ4n) is 3.52. The normalized spacial score (nSPS) is 22.2. The van der Waals surface area contributed by atoms with Crippen LogP contribution in [0.2, 0.25) is 0 Å². The number of hydrogen-bond donors (Lipinski definition) is 1. The lowest BCUT2D eigenvalue weighted by Crippen LogP contribution is -2.58. The second kappa shape index (κ2) is 5.15. The zero-order chi connectivity index (χ0) is 14.3. The van der Waals surface area contributed by atoms with E-state index in [1.165, 1.54) is 11.1 Å². The van der Waals surface area contributed by atoms with Crippen molar-refractivity contribution >= 4 is 15.9 Å². The Bertz CT molecular complexity index is 641. The minimum atomic E-state index is 0.219. The largest absolute Gasteiger partial charge is 0.490 e. The van der Waals surface area contributed by atoms with Gasteiger partial charge in [0.25, 0.3) is 0 Å². The summed E-state index contributed by atoms with van der Waals surface area (Å²) in [7, 11) is 0.